The van der Waals surface area contributed by atoms with Crippen LogP contribution in [-0.2, 0) is 12.8 Å². The maximum atomic E-state index is 6.11. The molecule has 2 nitrogen and oxygen atoms in total. The lowest BCUT2D eigenvalue weighted by molar-refractivity contribution is 0.795. The Hall–Kier alpha value is -0.540. The van der Waals surface area contributed by atoms with Gasteiger partial charge in [0.05, 0.1) is 16.9 Å². The summed E-state index contributed by atoms with van der Waals surface area (Å²) in [6.07, 6.45) is 3.93. The molecule has 0 aliphatic carbocycles. The number of aryl methyl sites for hydroxylation is 2. The van der Waals surface area contributed by atoms with E-state index in [1.54, 1.807) is 6.07 Å². The van der Waals surface area contributed by atoms with Gasteiger partial charge in [-0.15, -0.1) is 0 Å². The van der Waals surface area contributed by atoms with Crippen molar-refractivity contribution in [2.75, 3.05) is 0 Å². The summed E-state index contributed by atoms with van der Waals surface area (Å²) in [5.41, 5.74) is 1.81. The van der Waals surface area contributed by atoms with Crippen LogP contribution in [0.5, 0.6) is 0 Å². The minimum absolute atomic E-state index is 0.212. The molecule has 1 heterocycles. The van der Waals surface area contributed by atoms with Gasteiger partial charge in [-0.25, -0.2) is 9.97 Å². The topological polar surface area (TPSA) is 25.8 Å². The molecule has 0 aliphatic heterocycles. The van der Waals surface area contributed by atoms with Gasteiger partial charge in [-0.3, -0.25) is 0 Å². The predicted octanol–water partition coefficient (Wildman–Crippen LogP) is 5.27. The molecule has 6 heteroatoms. The van der Waals surface area contributed by atoms with Crippen molar-refractivity contribution in [3.63, 3.8) is 0 Å². The molecule has 1 aromatic carbocycles. The van der Waals surface area contributed by atoms with Crippen LogP contribution in [0.2, 0.25) is 20.4 Å². The largest absolute Gasteiger partial charge is 0.225 e. The lowest BCUT2D eigenvalue weighted by Crippen LogP contribution is -1.96. The molecule has 0 saturated heterocycles. The van der Waals surface area contributed by atoms with E-state index in [1.807, 2.05) is 12.1 Å². The monoisotopic (exact) mass is 334 g/mol. The van der Waals surface area contributed by atoms with E-state index in [2.05, 4.69) is 9.97 Å². The highest BCUT2D eigenvalue weighted by molar-refractivity contribution is 6.35. The normalized spacial score (nSPS) is 10.7. The van der Waals surface area contributed by atoms with Crippen LogP contribution in [-0.4, -0.2) is 9.97 Å². The number of benzene rings is 1. The maximum Gasteiger partial charge on any atom is 0.222 e. The fourth-order valence-electron chi connectivity index (χ4n) is 1.72. The van der Waals surface area contributed by atoms with Crippen LogP contribution in [0.3, 0.4) is 0 Å². The molecular weight excluding hydrogens is 326 g/mol. The maximum absolute atomic E-state index is 6.11. The van der Waals surface area contributed by atoms with Gasteiger partial charge < -0.3 is 0 Å². The van der Waals surface area contributed by atoms with Gasteiger partial charge in [0.25, 0.3) is 0 Å². The Kier molecular flexibility index (Phi) is 5.28. The molecule has 2 aromatic rings. The highest BCUT2D eigenvalue weighted by Gasteiger charge is 2.06. The summed E-state index contributed by atoms with van der Waals surface area (Å²) in [6.45, 7) is 0. The first-order chi connectivity index (χ1) is 9.06. The highest BCUT2D eigenvalue weighted by atomic mass is 35.5. The lowest BCUT2D eigenvalue weighted by Gasteiger charge is -2.06. The standard InChI is InChI=1S/C13H10Cl4N2/c14-9-5-4-8(10(15)6-9)2-1-3-12-11(16)7-18-13(17)19-12/h4-7H,1-3H2. The second-order valence-corrected chi connectivity index (χ2v) is 5.61. The molecule has 19 heavy (non-hydrogen) atoms. The van der Waals surface area contributed by atoms with Crippen LogP contribution in [0.25, 0.3) is 0 Å². The van der Waals surface area contributed by atoms with E-state index >= 15 is 0 Å². The fraction of sp³-hybridized carbons (Fsp3) is 0.231. The SMILES string of the molecule is Clc1ccc(CCCc2nc(Cl)ncc2Cl)c(Cl)c1. The van der Waals surface area contributed by atoms with Gasteiger partial charge >= 0.3 is 0 Å². The van der Waals surface area contributed by atoms with E-state index in [-0.39, 0.29) is 5.28 Å². The van der Waals surface area contributed by atoms with E-state index in [0.29, 0.717) is 15.1 Å². The molecule has 0 saturated carbocycles. The average Bonchev–Trinajstić information content (AvgIpc) is 2.36. The van der Waals surface area contributed by atoms with Crippen molar-refractivity contribution in [3.8, 4) is 0 Å². The van der Waals surface area contributed by atoms with Crippen molar-refractivity contribution in [1.82, 2.24) is 9.97 Å². The number of rotatable bonds is 4. The van der Waals surface area contributed by atoms with Gasteiger partial charge in [0, 0.05) is 10.0 Å². The zero-order valence-electron chi connectivity index (χ0n) is 9.84. The Balaban J connectivity index is 1.98. The van der Waals surface area contributed by atoms with Crippen molar-refractivity contribution in [3.05, 3.63) is 56.0 Å². The summed E-state index contributed by atoms with van der Waals surface area (Å²) >= 11 is 23.7. The summed E-state index contributed by atoms with van der Waals surface area (Å²) in [6, 6.07) is 5.50. The zero-order valence-corrected chi connectivity index (χ0v) is 12.9. The average molecular weight is 336 g/mol. The van der Waals surface area contributed by atoms with Crippen molar-refractivity contribution < 1.29 is 0 Å². The molecule has 0 amide bonds. The van der Waals surface area contributed by atoms with Crippen molar-refractivity contribution in [2.24, 2.45) is 0 Å². The molecule has 0 unspecified atom stereocenters. The highest BCUT2D eigenvalue weighted by Crippen LogP contribution is 2.23. The number of hydrogen-bond donors (Lipinski definition) is 0. The Morgan fingerprint density at radius 2 is 1.74 bits per heavy atom. The van der Waals surface area contributed by atoms with Gasteiger partial charge in [0.15, 0.2) is 0 Å². The first kappa shape index (κ1) is 14.9. The predicted molar refractivity (Wildman–Crippen MR) is 80.5 cm³/mol. The molecule has 0 spiro atoms. The summed E-state index contributed by atoms with van der Waals surface area (Å²) in [5, 5.41) is 2.06. The summed E-state index contributed by atoms with van der Waals surface area (Å²) < 4.78 is 0. The molecule has 1 aromatic heterocycles. The molecule has 2 rings (SSSR count). The van der Waals surface area contributed by atoms with Crippen molar-refractivity contribution in [2.45, 2.75) is 19.3 Å². The molecule has 0 bridgehead atoms. The smallest absolute Gasteiger partial charge is 0.222 e. The second-order valence-electron chi connectivity index (χ2n) is 4.02. The Labute approximate surface area is 131 Å². The van der Waals surface area contributed by atoms with E-state index in [0.717, 1.165) is 30.5 Å². The zero-order chi connectivity index (χ0) is 13.8. The first-order valence-corrected chi connectivity index (χ1v) is 7.18. The number of aromatic nitrogens is 2. The van der Waals surface area contributed by atoms with Gasteiger partial charge in [-0.1, -0.05) is 40.9 Å². The van der Waals surface area contributed by atoms with Gasteiger partial charge in [-0.05, 0) is 48.6 Å². The van der Waals surface area contributed by atoms with Crippen LogP contribution < -0.4 is 0 Å². The minimum atomic E-state index is 0.212. The van der Waals surface area contributed by atoms with Crippen LogP contribution in [0, 0.1) is 0 Å². The second kappa shape index (κ2) is 6.76. The number of nitrogens with zero attached hydrogens (tertiary/aromatic N) is 2. The third-order valence-electron chi connectivity index (χ3n) is 2.66. The van der Waals surface area contributed by atoms with Crippen LogP contribution in [0.1, 0.15) is 17.7 Å². The molecule has 0 N–H and O–H groups in total. The van der Waals surface area contributed by atoms with E-state index in [4.69, 9.17) is 46.4 Å². The number of hydrogen-bond acceptors (Lipinski definition) is 2. The molecule has 0 aliphatic rings. The van der Waals surface area contributed by atoms with E-state index < -0.39 is 0 Å². The van der Waals surface area contributed by atoms with Gasteiger partial charge in [0.2, 0.25) is 5.28 Å². The van der Waals surface area contributed by atoms with Crippen molar-refractivity contribution in [1.29, 1.82) is 0 Å². The van der Waals surface area contributed by atoms with Crippen LogP contribution >= 0.6 is 46.4 Å². The third kappa shape index (κ3) is 4.22. The first-order valence-electron chi connectivity index (χ1n) is 5.67. The quantitative estimate of drug-likeness (QED) is 0.711. The summed E-state index contributed by atoms with van der Waals surface area (Å²) in [7, 11) is 0. The molecular formula is C13H10Cl4N2. The Bertz CT molecular complexity index is 587. The number of halogens is 4. The Morgan fingerprint density at radius 3 is 2.47 bits per heavy atom. The van der Waals surface area contributed by atoms with Gasteiger partial charge in [0.1, 0.15) is 0 Å². The van der Waals surface area contributed by atoms with Crippen molar-refractivity contribution >= 4 is 46.4 Å². The Morgan fingerprint density at radius 1 is 0.947 bits per heavy atom. The van der Waals surface area contributed by atoms with Gasteiger partial charge in [-0.2, -0.15) is 0 Å². The minimum Gasteiger partial charge on any atom is -0.225 e. The third-order valence-corrected chi connectivity index (χ3v) is 3.75. The molecule has 100 valence electrons. The fourth-order valence-corrected chi connectivity index (χ4v) is 2.56. The van der Waals surface area contributed by atoms with E-state index in [9.17, 15) is 0 Å². The molecule has 0 fully saturated rings. The molecule has 0 radical (unpaired) electrons. The molecule has 0 atom stereocenters. The van der Waals surface area contributed by atoms with E-state index in [1.165, 1.54) is 6.20 Å². The van der Waals surface area contributed by atoms with Crippen LogP contribution in [0.4, 0.5) is 0 Å². The van der Waals surface area contributed by atoms with Crippen LogP contribution in [0.15, 0.2) is 24.4 Å². The summed E-state index contributed by atoms with van der Waals surface area (Å²) in [4.78, 5) is 7.92. The summed E-state index contributed by atoms with van der Waals surface area (Å²) in [5.74, 6) is 0. The lowest BCUT2D eigenvalue weighted by atomic mass is 10.1.